The first kappa shape index (κ1) is 20.3. The van der Waals surface area contributed by atoms with Gasteiger partial charge in [0.05, 0.1) is 11.3 Å². The van der Waals surface area contributed by atoms with E-state index in [9.17, 15) is 4.79 Å². The Balaban J connectivity index is 1.40. The maximum absolute atomic E-state index is 12.8. The number of H-pyrrole nitrogens is 1. The molecule has 4 aromatic heterocycles. The van der Waals surface area contributed by atoms with E-state index in [4.69, 9.17) is 4.98 Å². The molecule has 7 heteroatoms. The SMILES string of the molecule is Cc1cccnc1-n1c(C)cc(CN2CCc3nc(-c4cccnc4)[nH]c(=O)c3C2)c1C. The minimum Gasteiger partial charge on any atom is -0.306 e. The summed E-state index contributed by atoms with van der Waals surface area (Å²) in [5.74, 6) is 1.56. The molecule has 0 radical (unpaired) electrons. The Morgan fingerprint density at radius 3 is 2.75 bits per heavy atom. The van der Waals surface area contributed by atoms with Crippen molar-refractivity contribution < 1.29 is 0 Å². The van der Waals surface area contributed by atoms with Gasteiger partial charge >= 0.3 is 0 Å². The molecule has 5 heterocycles. The van der Waals surface area contributed by atoms with Crippen molar-refractivity contribution >= 4 is 0 Å². The van der Waals surface area contributed by atoms with Crippen molar-refractivity contribution in [3.63, 3.8) is 0 Å². The summed E-state index contributed by atoms with van der Waals surface area (Å²) in [7, 11) is 0. The molecule has 1 aliphatic heterocycles. The van der Waals surface area contributed by atoms with Crippen molar-refractivity contribution in [3.8, 4) is 17.2 Å². The van der Waals surface area contributed by atoms with Crippen molar-refractivity contribution in [1.29, 1.82) is 0 Å². The Morgan fingerprint density at radius 1 is 1.12 bits per heavy atom. The summed E-state index contributed by atoms with van der Waals surface area (Å²) in [6.07, 6.45) is 6.02. The quantitative estimate of drug-likeness (QED) is 0.540. The number of nitrogens with zero attached hydrogens (tertiary/aromatic N) is 5. The van der Waals surface area contributed by atoms with Crippen LogP contribution >= 0.6 is 0 Å². The standard InChI is InChI=1S/C25H26N6O/c1-16-6-4-10-27-24(16)31-17(2)12-20(18(31)3)14-30-11-8-22-21(15-30)25(32)29-23(28-22)19-7-5-9-26-13-19/h4-7,9-10,12-13H,8,11,14-15H2,1-3H3,(H,28,29,32). The van der Waals surface area contributed by atoms with Crippen molar-refractivity contribution in [2.24, 2.45) is 0 Å². The highest BCUT2D eigenvalue weighted by atomic mass is 16.1. The van der Waals surface area contributed by atoms with Crippen LogP contribution < -0.4 is 5.56 Å². The number of fused-ring (bicyclic) bond motifs is 1. The fourth-order valence-corrected chi connectivity index (χ4v) is 4.52. The highest BCUT2D eigenvalue weighted by molar-refractivity contribution is 5.53. The second-order valence-corrected chi connectivity index (χ2v) is 8.42. The second kappa shape index (κ2) is 8.16. The van der Waals surface area contributed by atoms with Crippen LogP contribution in [0.1, 0.15) is 33.8 Å². The van der Waals surface area contributed by atoms with Gasteiger partial charge in [-0.05, 0) is 56.2 Å². The molecule has 0 aliphatic carbocycles. The zero-order valence-electron chi connectivity index (χ0n) is 18.6. The third-order valence-electron chi connectivity index (χ3n) is 6.21. The van der Waals surface area contributed by atoms with Gasteiger partial charge in [0, 0.05) is 61.6 Å². The van der Waals surface area contributed by atoms with Crippen molar-refractivity contribution in [1.82, 2.24) is 29.4 Å². The van der Waals surface area contributed by atoms with Gasteiger partial charge in [-0.2, -0.15) is 0 Å². The molecule has 5 rings (SSSR count). The van der Waals surface area contributed by atoms with Crippen LogP contribution in [0.3, 0.4) is 0 Å². The molecule has 0 spiro atoms. The van der Waals surface area contributed by atoms with Crippen LogP contribution in [0.15, 0.2) is 53.7 Å². The molecule has 0 amide bonds. The first-order valence-electron chi connectivity index (χ1n) is 10.9. The lowest BCUT2D eigenvalue weighted by molar-refractivity contribution is 0.241. The predicted molar refractivity (Wildman–Crippen MR) is 124 cm³/mol. The summed E-state index contributed by atoms with van der Waals surface area (Å²) in [5, 5.41) is 0. The van der Waals surface area contributed by atoms with Crippen LogP contribution in [0.25, 0.3) is 17.2 Å². The van der Waals surface area contributed by atoms with Gasteiger partial charge in [0.25, 0.3) is 5.56 Å². The lowest BCUT2D eigenvalue weighted by Gasteiger charge is -2.27. The summed E-state index contributed by atoms with van der Waals surface area (Å²) in [5.41, 5.74) is 7.17. The zero-order chi connectivity index (χ0) is 22.2. The van der Waals surface area contributed by atoms with Crippen LogP contribution in [-0.4, -0.2) is 35.9 Å². The predicted octanol–water partition coefficient (Wildman–Crippen LogP) is 3.50. The normalized spacial score (nSPS) is 13.8. The van der Waals surface area contributed by atoms with E-state index in [1.807, 2.05) is 24.4 Å². The molecule has 0 atom stereocenters. The van der Waals surface area contributed by atoms with E-state index in [-0.39, 0.29) is 5.56 Å². The van der Waals surface area contributed by atoms with Crippen molar-refractivity contribution in [2.45, 2.75) is 40.3 Å². The Bertz CT molecular complexity index is 1340. The maximum atomic E-state index is 12.8. The molecule has 162 valence electrons. The highest BCUT2D eigenvalue weighted by Crippen LogP contribution is 2.25. The Kier molecular flexibility index (Phi) is 5.19. The Hall–Kier alpha value is -3.58. The lowest BCUT2D eigenvalue weighted by atomic mass is 10.1. The molecule has 0 saturated carbocycles. The van der Waals surface area contributed by atoms with Gasteiger partial charge in [-0.25, -0.2) is 9.97 Å². The first-order valence-corrected chi connectivity index (χ1v) is 10.9. The average molecular weight is 427 g/mol. The van der Waals surface area contributed by atoms with Gasteiger partial charge in [-0.3, -0.25) is 14.7 Å². The van der Waals surface area contributed by atoms with Gasteiger partial charge in [0.15, 0.2) is 0 Å². The van der Waals surface area contributed by atoms with Crippen molar-refractivity contribution in [3.05, 3.63) is 93.0 Å². The molecule has 1 N–H and O–H groups in total. The monoisotopic (exact) mass is 426 g/mol. The number of hydrogen-bond acceptors (Lipinski definition) is 5. The third kappa shape index (κ3) is 3.65. The minimum absolute atomic E-state index is 0.0619. The largest absolute Gasteiger partial charge is 0.306 e. The van der Waals surface area contributed by atoms with Gasteiger partial charge in [-0.15, -0.1) is 0 Å². The van der Waals surface area contributed by atoms with E-state index < -0.39 is 0 Å². The Labute approximate surface area is 186 Å². The molecule has 0 fully saturated rings. The van der Waals surface area contributed by atoms with E-state index in [1.165, 1.54) is 11.3 Å². The maximum Gasteiger partial charge on any atom is 0.255 e. The average Bonchev–Trinajstić information content (AvgIpc) is 3.07. The van der Waals surface area contributed by atoms with Crippen LogP contribution in [0.5, 0.6) is 0 Å². The number of aromatic amines is 1. The van der Waals surface area contributed by atoms with E-state index in [2.05, 4.69) is 57.3 Å². The summed E-state index contributed by atoms with van der Waals surface area (Å²) in [6.45, 7) is 8.59. The van der Waals surface area contributed by atoms with E-state index in [0.717, 1.165) is 53.4 Å². The first-order chi connectivity index (χ1) is 15.5. The van der Waals surface area contributed by atoms with Crippen LogP contribution in [0.2, 0.25) is 0 Å². The molecule has 32 heavy (non-hydrogen) atoms. The van der Waals surface area contributed by atoms with Gasteiger partial charge in [-0.1, -0.05) is 6.07 Å². The van der Waals surface area contributed by atoms with Crippen LogP contribution in [0, 0.1) is 20.8 Å². The number of rotatable bonds is 4. The summed E-state index contributed by atoms with van der Waals surface area (Å²) in [4.78, 5) is 31.6. The smallest absolute Gasteiger partial charge is 0.255 e. The van der Waals surface area contributed by atoms with Gasteiger partial charge < -0.3 is 9.55 Å². The zero-order valence-corrected chi connectivity index (χ0v) is 18.6. The summed E-state index contributed by atoms with van der Waals surface area (Å²) >= 11 is 0. The molecule has 0 bridgehead atoms. The summed E-state index contributed by atoms with van der Waals surface area (Å²) < 4.78 is 2.22. The fraction of sp³-hybridized carbons (Fsp3) is 0.280. The molecule has 0 unspecified atom stereocenters. The molecule has 0 aromatic carbocycles. The number of hydrogen-bond donors (Lipinski definition) is 1. The molecule has 7 nitrogen and oxygen atoms in total. The second-order valence-electron chi connectivity index (χ2n) is 8.42. The van der Waals surface area contributed by atoms with E-state index in [0.29, 0.717) is 12.4 Å². The molecular weight excluding hydrogens is 400 g/mol. The third-order valence-corrected chi connectivity index (χ3v) is 6.21. The van der Waals surface area contributed by atoms with E-state index in [1.54, 1.807) is 12.4 Å². The summed E-state index contributed by atoms with van der Waals surface area (Å²) in [6, 6.07) is 10.0. The minimum atomic E-state index is -0.0619. The Morgan fingerprint density at radius 2 is 1.97 bits per heavy atom. The van der Waals surface area contributed by atoms with Crippen molar-refractivity contribution in [2.75, 3.05) is 6.54 Å². The topological polar surface area (TPSA) is 79.7 Å². The number of aromatic nitrogens is 5. The van der Waals surface area contributed by atoms with Gasteiger partial charge in [0.2, 0.25) is 0 Å². The highest BCUT2D eigenvalue weighted by Gasteiger charge is 2.23. The van der Waals surface area contributed by atoms with Crippen LogP contribution in [0.4, 0.5) is 0 Å². The van der Waals surface area contributed by atoms with Crippen LogP contribution in [-0.2, 0) is 19.5 Å². The molecular formula is C25H26N6O. The number of aryl methyl sites for hydroxylation is 2. The van der Waals surface area contributed by atoms with Gasteiger partial charge in [0.1, 0.15) is 11.6 Å². The number of nitrogens with one attached hydrogen (secondary N) is 1. The molecule has 0 saturated heterocycles. The van der Waals surface area contributed by atoms with E-state index >= 15 is 0 Å². The molecule has 1 aliphatic rings. The number of pyridine rings is 2. The molecule has 4 aromatic rings. The lowest BCUT2D eigenvalue weighted by Crippen LogP contribution is -2.35. The fourth-order valence-electron chi connectivity index (χ4n) is 4.52.